The van der Waals surface area contributed by atoms with Gasteiger partial charge in [-0.15, -0.1) is 0 Å². The second-order valence-electron chi connectivity index (χ2n) is 8.18. The van der Waals surface area contributed by atoms with Gasteiger partial charge in [0.15, 0.2) is 0 Å². The molecular weight excluding hydrogens is 258 g/mol. The first-order chi connectivity index (χ1) is 9.81. The molecule has 1 N–H and O–H groups in total. The van der Waals surface area contributed by atoms with Crippen molar-refractivity contribution in [2.24, 2.45) is 16.7 Å². The van der Waals surface area contributed by atoms with Gasteiger partial charge in [0.2, 0.25) is 0 Å². The van der Waals surface area contributed by atoms with E-state index in [9.17, 15) is 0 Å². The second-order valence-corrected chi connectivity index (χ2v) is 8.18. The summed E-state index contributed by atoms with van der Waals surface area (Å²) in [6, 6.07) is 9.03. The average Bonchev–Trinajstić information content (AvgIpc) is 2.87. The number of nitrogens with one attached hydrogen (secondary N) is 1. The second kappa shape index (κ2) is 4.93. The van der Waals surface area contributed by atoms with Crippen molar-refractivity contribution >= 4 is 5.69 Å². The minimum absolute atomic E-state index is 0.229. The molecule has 2 aliphatic carbocycles. The highest BCUT2D eigenvalue weighted by atomic mass is 16.5. The van der Waals surface area contributed by atoms with E-state index in [1.807, 2.05) is 0 Å². The first-order valence-electron chi connectivity index (χ1n) is 8.34. The van der Waals surface area contributed by atoms with E-state index in [2.05, 4.69) is 64.2 Å². The van der Waals surface area contributed by atoms with Crippen LogP contribution in [0.4, 0.5) is 5.69 Å². The summed E-state index contributed by atoms with van der Waals surface area (Å²) in [5.74, 6) is 1.83. The smallest absolute Gasteiger partial charge is 0.119 e. The molecule has 0 radical (unpaired) electrons. The lowest BCUT2D eigenvalue weighted by molar-refractivity contribution is 0.155. The van der Waals surface area contributed by atoms with Crippen molar-refractivity contribution in [3.8, 4) is 5.75 Å². The van der Waals surface area contributed by atoms with Crippen LogP contribution in [-0.4, -0.2) is 12.1 Å². The van der Waals surface area contributed by atoms with Crippen molar-refractivity contribution in [1.82, 2.24) is 0 Å². The van der Waals surface area contributed by atoms with Crippen LogP contribution in [0.1, 0.15) is 53.9 Å². The fourth-order valence-electron chi connectivity index (χ4n) is 4.73. The molecule has 2 nitrogen and oxygen atoms in total. The van der Waals surface area contributed by atoms with Crippen molar-refractivity contribution in [2.75, 3.05) is 5.32 Å². The van der Waals surface area contributed by atoms with Crippen LogP contribution >= 0.6 is 0 Å². The highest BCUT2D eigenvalue weighted by molar-refractivity contribution is 5.48. The van der Waals surface area contributed by atoms with E-state index in [1.54, 1.807) is 0 Å². The molecule has 0 saturated heterocycles. The van der Waals surface area contributed by atoms with Crippen molar-refractivity contribution in [3.05, 3.63) is 24.3 Å². The maximum atomic E-state index is 5.72. The molecular formula is C19H29NO. The van der Waals surface area contributed by atoms with E-state index in [0.717, 1.165) is 11.7 Å². The molecule has 1 aromatic carbocycles. The molecule has 0 aliphatic heterocycles. The summed E-state index contributed by atoms with van der Waals surface area (Å²) in [4.78, 5) is 0. The average molecular weight is 287 g/mol. The van der Waals surface area contributed by atoms with Gasteiger partial charge in [0, 0.05) is 11.7 Å². The maximum absolute atomic E-state index is 5.72. The summed E-state index contributed by atoms with van der Waals surface area (Å²) in [6.07, 6.45) is 4.38. The molecule has 0 aromatic heterocycles. The van der Waals surface area contributed by atoms with Gasteiger partial charge in [0.05, 0.1) is 6.10 Å². The Morgan fingerprint density at radius 1 is 1.14 bits per heavy atom. The van der Waals surface area contributed by atoms with Gasteiger partial charge in [-0.25, -0.2) is 0 Å². The van der Waals surface area contributed by atoms with Crippen LogP contribution in [0.5, 0.6) is 5.75 Å². The number of fused-ring (bicyclic) bond motifs is 2. The van der Waals surface area contributed by atoms with Crippen molar-refractivity contribution in [3.63, 3.8) is 0 Å². The van der Waals surface area contributed by atoms with Crippen LogP contribution in [0.25, 0.3) is 0 Å². The molecule has 2 bridgehead atoms. The standard InChI is InChI=1S/C19H29NO/c1-13(2)21-16-8-6-15(7-9-16)20-17-18(3,4)14-10-11-19(17,5)12-14/h6-9,13-14,17,20H,10-12H2,1-5H3. The van der Waals surface area contributed by atoms with Gasteiger partial charge >= 0.3 is 0 Å². The molecule has 116 valence electrons. The van der Waals surface area contributed by atoms with E-state index in [0.29, 0.717) is 16.9 Å². The SMILES string of the molecule is CC(C)Oc1ccc(NC2C3(C)CCC(C3)C2(C)C)cc1. The van der Waals surface area contributed by atoms with Crippen molar-refractivity contribution < 1.29 is 4.74 Å². The fraction of sp³-hybridized carbons (Fsp3) is 0.684. The van der Waals surface area contributed by atoms with Gasteiger partial charge < -0.3 is 10.1 Å². The predicted octanol–water partition coefficient (Wildman–Crippen LogP) is 5.10. The Bertz CT molecular complexity index is 500. The van der Waals surface area contributed by atoms with Gasteiger partial charge in [-0.3, -0.25) is 0 Å². The topological polar surface area (TPSA) is 21.3 Å². The zero-order chi connectivity index (χ0) is 15.3. The lowest BCUT2D eigenvalue weighted by atomic mass is 9.68. The number of rotatable bonds is 4. The molecule has 2 saturated carbocycles. The molecule has 0 spiro atoms. The van der Waals surface area contributed by atoms with Gasteiger partial charge in [-0.1, -0.05) is 20.8 Å². The predicted molar refractivity (Wildman–Crippen MR) is 88.8 cm³/mol. The highest BCUT2D eigenvalue weighted by Crippen LogP contribution is 2.63. The molecule has 2 aliphatic rings. The number of hydrogen-bond acceptors (Lipinski definition) is 2. The lowest BCUT2D eigenvalue weighted by Gasteiger charge is -2.43. The lowest BCUT2D eigenvalue weighted by Crippen LogP contribution is -2.45. The third-order valence-electron chi connectivity index (χ3n) is 5.81. The summed E-state index contributed by atoms with van der Waals surface area (Å²) in [6.45, 7) is 11.5. The van der Waals surface area contributed by atoms with Crippen LogP contribution in [-0.2, 0) is 0 Å². The van der Waals surface area contributed by atoms with Gasteiger partial charge in [0.1, 0.15) is 5.75 Å². The zero-order valence-corrected chi connectivity index (χ0v) is 14.1. The summed E-state index contributed by atoms with van der Waals surface area (Å²) in [5.41, 5.74) is 2.07. The largest absolute Gasteiger partial charge is 0.491 e. The molecule has 0 amide bonds. The van der Waals surface area contributed by atoms with Gasteiger partial charge in [-0.05, 0) is 74.1 Å². The highest BCUT2D eigenvalue weighted by Gasteiger charge is 2.59. The molecule has 0 heterocycles. The van der Waals surface area contributed by atoms with Crippen LogP contribution in [0.15, 0.2) is 24.3 Å². The molecule has 2 heteroatoms. The summed E-state index contributed by atoms with van der Waals surface area (Å²) >= 11 is 0. The van der Waals surface area contributed by atoms with Crippen molar-refractivity contribution in [2.45, 2.75) is 66.0 Å². The third-order valence-corrected chi connectivity index (χ3v) is 5.81. The Morgan fingerprint density at radius 3 is 2.33 bits per heavy atom. The monoisotopic (exact) mass is 287 g/mol. The first kappa shape index (κ1) is 14.7. The van der Waals surface area contributed by atoms with E-state index in [4.69, 9.17) is 4.74 Å². The van der Waals surface area contributed by atoms with Crippen LogP contribution in [0.3, 0.4) is 0 Å². The molecule has 3 unspecified atom stereocenters. The Morgan fingerprint density at radius 2 is 1.81 bits per heavy atom. The Labute approximate surface area is 129 Å². The normalized spacial score (nSPS) is 33.4. The molecule has 1 aromatic rings. The van der Waals surface area contributed by atoms with E-state index in [-0.39, 0.29) is 6.10 Å². The molecule has 3 atom stereocenters. The Kier molecular flexibility index (Phi) is 3.46. The quantitative estimate of drug-likeness (QED) is 0.831. The van der Waals surface area contributed by atoms with E-state index < -0.39 is 0 Å². The number of hydrogen-bond donors (Lipinski definition) is 1. The first-order valence-corrected chi connectivity index (χ1v) is 8.34. The Hall–Kier alpha value is -1.18. The number of anilines is 1. The Balaban J connectivity index is 1.74. The van der Waals surface area contributed by atoms with E-state index in [1.165, 1.54) is 24.9 Å². The summed E-state index contributed by atoms with van der Waals surface area (Å²) < 4.78 is 5.72. The minimum Gasteiger partial charge on any atom is -0.491 e. The third kappa shape index (κ3) is 2.54. The summed E-state index contributed by atoms with van der Waals surface area (Å²) in [7, 11) is 0. The van der Waals surface area contributed by atoms with Crippen LogP contribution in [0, 0.1) is 16.7 Å². The minimum atomic E-state index is 0.229. The van der Waals surface area contributed by atoms with Gasteiger partial charge in [-0.2, -0.15) is 0 Å². The zero-order valence-electron chi connectivity index (χ0n) is 14.1. The number of benzene rings is 1. The van der Waals surface area contributed by atoms with Gasteiger partial charge in [0.25, 0.3) is 0 Å². The molecule has 3 rings (SSSR count). The van der Waals surface area contributed by atoms with Crippen LogP contribution < -0.4 is 10.1 Å². The molecule has 2 fully saturated rings. The fourth-order valence-corrected chi connectivity index (χ4v) is 4.73. The van der Waals surface area contributed by atoms with Crippen LogP contribution in [0.2, 0.25) is 0 Å². The van der Waals surface area contributed by atoms with Crippen molar-refractivity contribution in [1.29, 1.82) is 0 Å². The summed E-state index contributed by atoms with van der Waals surface area (Å²) in [5, 5.41) is 3.83. The molecule has 21 heavy (non-hydrogen) atoms. The van der Waals surface area contributed by atoms with E-state index >= 15 is 0 Å². The number of ether oxygens (including phenoxy) is 1. The maximum Gasteiger partial charge on any atom is 0.119 e.